The van der Waals surface area contributed by atoms with Crippen LogP contribution in [0.2, 0.25) is 0 Å². The summed E-state index contributed by atoms with van der Waals surface area (Å²) in [7, 11) is 3.14. The van der Waals surface area contributed by atoms with Gasteiger partial charge in [-0.15, -0.1) is 6.58 Å². The first-order chi connectivity index (χ1) is 29.2. The third-order valence-electron chi connectivity index (χ3n) is 12.1. The molecule has 2 aliphatic heterocycles. The summed E-state index contributed by atoms with van der Waals surface area (Å²) in [5, 5.41) is 0. The highest BCUT2D eigenvalue weighted by atomic mass is 16.5. The minimum absolute atomic E-state index is 0.260. The quantitative estimate of drug-likeness (QED) is 0.0844. The predicted molar refractivity (Wildman–Crippen MR) is 238 cm³/mol. The molecule has 328 valence electrons. The number of benzene rings is 4. The van der Waals surface area contributed by atoms with Gasteiger partial charge in [0.25, 0.3) is 0 Å². The second kappa shape index (κ2) is 17.7. The number of carbonyl (C=O) groups excluding carboxylic acids is 4. The van der Waals surface area contributed by atoms with Gasteiger partial charge in [-0.2, -0.15) is 0 Å². The second-order valence-corrected chi connectivity index (χ2v) is 18.1. The Balaban J connectivity index is 1.32. The lowest BCUT2D eigenvalue weighted by atomic mass is 9.71. The van der Waals surface area contributed by atoms with Crippen molar-refractivity contribution < 1.29 is 47.6 Å². The maximum absolute atomic E-state index is 14.8. The summed E-state index contributed by atoms with van der Waals surface area (Å²) in [5.41, 5.74) is -0.409. The van der Waals surface area contributed by atoms with Gasteiger partial charge in [0.1, 0.15) is 45.7 Å². The lowest BCUT2D eigenvalue weighted by Crippen LogP contribution is -2.59. The Kier molecular flexibility index (Phi) is 13.1. The average Bonchev–Trinajstić information content (AvgIpc) is 3.21. The van der Waals surface area contributed by atoms with Crippen LogP contribution in [-0.4, -0.2) is 59.8 Å². The number of carbonyl (C=O) groups is 4. The fourth-order valence-corrected chi connectivity index (χ4v) is 8.91. The van der Waals surface area contributed by atoms with Gasteiger partial charge in [0.2, 0.25) is 0 Å². The van der Waals surface area contributed by atoms with Crippen molar-refractivity contribution in [1.82, 2.24) is 0 Å². The molecule has 10 heteroatoms. The Morgan fingerprint density at radius 3 is 1.66 bits per heavy atom. The zero-order chi connectivity index (χ0) is 45.4. The molecule has 0 spiro atoms. The molecule has 4 aromatic rings. The SMILES string of the molecule is C=CCc1ccc(Oc2ccc(CC)c(C3C(=O)C(C)(C)OC(C)(CCCc4ccc(Oc5ccc(C)cc5OC)cc4C4C(=O)C(C)(C)OC(C)(C)C4=O)C3=O)c2)c(OC)c1. The van der Waals surface area contributed by atoms with E-state index in [1.54, 1.807) is 80.9 Å². The van der Waals surface area contributed by atoms with Crippen molar-refractivity contribution in [2.24, 2.45) is 0 Å². The molecule has 0 radical (unpaired) electrons. The van der Waals surface area contributed by atoms with Crippen LogP contribution in [0.4, 0.5) is 0 Å². The van der Waals surface area contributed by atoms with E-state index >= 15 is 0 Å². The first kappa shape index (κ1) is 45.9. The maximum Gasteiger partial charge on any atom is 0.179 e. The summed E-state index contributed by atoms with van der Waals surface area (Å²) in [6.45, 7) is 19.7. The van der Waals surface area contributed by atoms with Gasteiger partial charge < -0.3 is 28.4 Å². The maximum atomic E-state index is 14.8. The second-order valence-electron chi connectivity index (χ2n) is 18.1. The molecule has 2 fully saturated rings. The van der Waals surface area contributed by atoms with E-state index in [0.717, 1.165) is 22.3 Å². The molecule has 0 N–H and O–H groups in total. The van der Waals surface area contributed by atoms with Crippen molar-refractivity contribution in [3.05, 3.63) is 119 Å². The Bertz CT molecular complexity index is 2380. The van der Waals surface area contributed by atoms with Crippen LogP contribution in [0.25, 0.3) is 0 Å². The molecule has 2 saturated heterocycles. The topological polar surface area (TPSA) is 124 Å². The van der Waals surface area contributed by atoms with E-state index in [-0.39, 0.29) is 29.6 Å². The van der Waals surface area contributed by atoms with Crippen LogP contribution in [0.3, 0.4) is 0 Å². The van der Waals surface area contributed by atoms with Crippen LogP contribution in [0, 0.1) is 6.92 Å². The Labute approximate surface area is 365 Å². The van der Waals surface area contributed by atoms with Gasteiger partial charge in [0, 0.05) is 0 Å². The highest BCUT2D eigenvalue weighted by Crippen LogP contribution is 2.45. The van der Waals surface area contributed by atoms with Crippen molar-refractivity contribution in [1.29, 1.82) is 0 Å². The molecule has 2 atom stereocenters. The van der Waals surface area contributed by atoms with Gasteiger partial charge in [-0.1, -0.05) is 37.3 Å². The first-order valence-electron chi connectivity index (χ1n) is 21.3. The van der Waals surface area contributed by atoms with Crippen LogP contribution in [0.1, 0.15) is 113 Å². The van der Waals surface area contributed by atoms with E-state index in [0.29, 0.717) is 71.3 Å². The summed E-state index contributed by atoms with van der Waals surface area (Å²) in [6, 6.07) is 22.2. The lowest BCUT2D eigenvalue weighted by molar-refractivity contribution is -0.189. The van der Waals surface area contributed by atoms with Crippen LogP contribution in [0.5, 0.6) is 34.5 Å². The van der Waals surface area contributed by atoms with E-state index in [9.17, 15) is 19.2 Å². The van der Waals surface area contributed by atoms with Gasteiger partial charge in [0.05, 0.1) is 14.2 Å². The molecule has 62 heavy (non-hydrogen) atoms. The summed E-state index contributed by atoms with van der Waals surface area (Å²) >= 11 is 0. The van der Waals surface area contributed by atoms with E-state index in [4.69, 9.17) is 28.4 Å². The van der Waals surface area contributed by atoms with Gasteiger partial charge >= 0.3 is 0 Å². The van der Waals surface area contributed by atoms with Crippen LogP contribution in [-0.2, 0) is 47.9 Å². The van der Waals surface area contributed by atoms with Crippen molar-refractivity contribution in [2.45, 2.75) is 129 Å². The number of allylic oxidation sites excluding steroid dienone is 1. The van der Waals surface area contributed by atoms with E-state index in [2.05, 4.69) is 6.58 Å². The van der Waals surface area contributed by atoms with Gasteiger partial charge in [-0.05, 0) is 169 Å². The molecule has 0 saturated carbocycles. The number of methoxy groups -OCH3 is 2. The van der Waals surface area contributed by atoms with Gasteiger partial charge in [-0.3, -0.25) is 19.2 Å². The Hall–Kier alpha value is -5.58. The fourth-order valence-electron chi connectivity index (χ4n) is 8.91. The van der Waals surface area contributed by atoms with Crippen LogP contribution in [0.15, 0.2) is 85.5 Å². The van der Waals surface area contributed by atoms with E-state index in [1.807, 2.05) is 74.5 Å². The number of Topliss-reactive ketones (excluding diaryl/α,β-unsaturated/α-hetero) is 4. The minimum atomic E-state index is -1.35. The number of hydrogen-bond acceptors (Lipinski definition) is 10. The Morgan fingerprint density at radius 1 is 0.613 bits per heavy atom. The smallest absolute Gasteiger partial charge is 0.179 e. The van der Waals surface area contributed by atoms with Crippen molar-refractivity contribution in [3.8, 4) is 34.5 Å². The van der Waals surface area contributed by atoms with Crippen molar-refractivity contribution >= 4 is 23.1 Å². The van der Waals surface area contributed by atoms with Gasteiger partial charge in [-0.25, -0.2) is 0 Å². The molecule has 0 amide bonds. The molecular formula is C52H60O10. The fraction of sp³-hybridized carbons (Fsp3) is 0.423. The lowest BCUT2D eigenvalue weighted by Gasteiger charge is -2.45. The zero-order valence-corrected chi connectivity index (χ0v) is 38.0. The Morgan fingerprint density at radius 2 is 1.11 bits per heavy atom. The molecule has 0 aromatic heterocycles. The standard InChI is InChI=1S/C52H60O10/c1-13-16-32-19-25-40(42(28-32)58-12)60-35-22-20-33(14-2)37(29-35)44-47(55)51(8,9)62-52(10,48(44)56)26-15-17-34-21-23-36(59-39-24-18-31(3)27-41(39)57-11)30-38(34)43-45(53)49(4,5)61-50(6,7)46(43)54/h13,18-25,27-30,43-44H,1,14-17,26H2,2-12H3. The molecule has 0 aliphatic carbocycles. The highest BCUT2D eigenvalue weighted by Gasteiger charge is 2.56. The number of ketones is 4. The summed E-state index contributed by atoms with van der Waals surface area (Å²) in [5.74, 6) is -0.643. The van der Waals surface area contributed by atoms with Crippen LogP contribution < -0.4 is 18.9 Å². The van der Waals surface area contributed by atoms with Crippen molar-refractivity contribution in [2.75, 3.05) is 14.2 Å². The molecule has 2 aliphatic rings. The molecule has 2 heterocycles. The molecule has 6 rings (SSSR count). The minimum Gasteiger partial charge on any atom is -0.493 e. The highest BCUT2D eigenvalue weighted by molar-refractivity contribution is 6.16. The first-order valence-corrected chi connectivity index (χ1v) is 21.3. The normalized spacial score (nSPS) is 20.8. The predicted octanol–water partition coefficient (Wildman–Crippen LogP) is 10.5. The van der Waals surface area contributed by atoms with Crippen LogP contribution >= 0.6 is 0 Å². The molecule has 10 nitrogen and oxygen atoms in total. The van der Waals surface area contributed by atoms with E-state index in [1.165, 1.54) is 0 Å². The van der Waals surface area contributed by atoms with E-state index < -0.39 is 34.2 Å². The molecule has 2 unspecified atom stereocenters. The molecule has 4 aromatic carbocycles. The monoisotopic (exact) mass is 844 g/mol. The summed E-state index contributed by atoms with van der Waals surface area (Å²) < 4.78 is 36.4. The van der Waals surface area contributed by atoms with Gasteiger partial charge in [0.15, 0.2) is 46.1 Å². The third-order valence-corrected chi connectivity index (χ3v) is 12.1. The number of hydrogen-bond donors (Lipinski definition) is 0. The average molecular weight is 845 g/mol. The number of ether oxygens (including phenoxy) is 6. The molecular weight excluding hydrogens is 785 g/mol. The number of rotatable bonds is 15. The largest absolute Gasteiger partial charge is 0.493 e. The molecule has 0 bridgehead atoms. The van der Waals surface area contributed by atoms with Crippen molar-refractivity contribution in [3.63, 3.8) is 0 Å². The number of aryl methyl sites for hydroxylation is 3. The zero-order valence-electron chi connectivity index (χ0n) is 38.0. The summed E-state index contributed by atoms with van der Waals surface area (Å²) in [4.78, 5) is 57.3. The third kappa shape index (κ3) is 9.13. The summed E-state index contributed by atoms with van der Waals surface area (Å²) in [6.07, 6.45) is 4.16.